The van der Waals surface area contributed by atoms with E-state index in [1.165, 1.54) is 6.07 Å². The highest BCUT2D eigenvalue weighted by atomic mass is 79.9. The first-order valence-electron chi connectivity index (χ1n) is 5.82. The zero-order valence-electron chi connectivity index (χ0n) is 10.0. The fourth-order valence-electron chi connectivity index (χ4n) is 2.08. The number of aliphatic hydroxyl groups excluding tert-OH is 1. The molecule has 0 bridgehead atoms. The SMILES string of the molecule is CCCC(CN)(CO)Cc1ccc(F)c(Br)c1. The first kappa shape index (κ1) is 14.6. The topological polar surface area (TPSA) is 46.2 Å². The Bertz CT molecular complexity index is 366. The second kappa shape index (κ2) is 6.47. The fourth-order valence-corrected chi connectivity index (χ4v) is 2.50. The van der Waals surface area contributed by atoms with E-state index in [2.05, 4.69) is 22.9 Å². The molecule has 1 rings (SSSR count). The van der Waals surface area contributed by atoms with Crippen LogP contribution in [-0.2, 0) is 6.42 Å². The van der Waals surface area contributed by atoms with Crippen molar-refractivity contribution in [2.45, 2.75) is 26.2 Å². The van der Waals surface area contributed by atoms with Crippen LogP contribution < -0.4 is 5.73 Å². The van der Waals surface area contributed by atoms with Crippen molar-refractivity contribution in [1.29, 1.82) is 0 Å². The number of hydrogen-bond acceptors (Lipinski definition) is 2. The van der Waals surface area contributed by atoms with Gasteiger partial charge in [-0.3, -0.25) is 0 Å². The summed E-state index contributed by atoms with van der Waals surface area (Å²) in [5, 5.41) is 9.53. The molecule has 2 nitrogen and oxygen atoms in total. The molecular formula is C13H19BrFNO. The Morgan fingerprint density at radius 1 is 1.47 bits per heavy atom. The first-order valence-corrected chi connectivity index (χ1v) is 6.61. The molecule has 0 saturated carbocycles. The lowest BCUT2D eigenvalue weighted by Gasteiger charge is -2.30. The molecule has 96 valence electrons. The molecule has 0 aliphatic carbocycles. The fraction of sp³-hybridized carbons (Fsp3) is 0.538. The van der Waals surface area contributed by atoms with Crippen molar-refractivity contribution in [3.8, 4) is 0 Å². The van der Waals surface area contributed by atoms with Crippen LogP contribution >= 0.6 is 15.9 Å². The Kier molecular flexibility index (Phi) is 5.56. The summed E-state index contributed by atoms with van der Waals surface area (Å²) in [6, 6.07) is 4.94. The quantitative estimate of drug-likeness (QED) is 0.849. The third-order valence-corrected chi connectivity index (χ3v) is 3.72. The summed E-state index contributed by atoms with van der Waals surface area (Å²) in [5.74, 6) is -0.272. The van der Waals surface area contributed by atoms with Crippen molar-refractivity contribution in [3.05, 3.63) is 34.1 Å². The highest BCUT2D eigenvalue weighted by molar-refractivity contribution is 9.10. The number of aliphatic hydroxyl groups is 1. The molecule has 0 amide bonds. The molecule has 0 aliphatic rings. The predicted molar refractivity (Wildman–Crippen MR) is 71.3 cm³/mol. The zero-order valence-corrected chi connectivity index (χ0v) is 11.6. The summed E-state index contributed by atoms with van der Waals surface area (Å²) < 4.78 is 13.6. The molecule has 0 aromatic heterocycles. The Morgan fingerprint density at radius 3 is 2.65 bits per heavy atom. The maximum Gasteiger partial charge on any atom is 0.137 e. The zero-order chi connectivity index (χ0) is 12.9. The van der Waals surface area contributed by atoms with E-state index >= 15 is 0 Å². The summed E-state index contributed by atoms with van der Waals surface area (Å²) in [4.78, 5) is 0. The lowest BCUT2D eigenvalue weighted by molar-refractivity contribution is 0.121. The minimum absolute atomic E-state index is 0.0618. The second-order valence-corrected chi connectivity index (χ2v) is 5.39. The van der Waals surface area contributed by atoms with Gasteiger partial charge in [-0.2, -0.15) is 0 Å². The molecule has 0 fully saturated rings. The minimum Gasteiger partial charge on any atom is -0.396 e. The van der Waals surface area contributed by atoms with E-state index in [0.717, 1.165) is 18.4 Å². The monoisotopic (exact) mass is 303 g/mol. The molecule has 0 aliphatic heterocycles. The van der Waals surface area contributed by atoms with Crippen LogP contribution in [0, 0.1) is 11.2 Å². The maximum absolute atomic E-state index is 13.1. The number of benzene rings is 1. The van der Waals surface area contributed by atoms with Crippen molar-refractivity contribution in [2.24, 2.45) is 11.1 Å². The van der Waals surface area contributed by atoms with E-state index in [1.54, 1.807) is 12.1 Å². The molecular weight excluding hydrogens is 285 g/mol. The average molecular weight is 304 g/mol. The van der Waals surface area contributed by atoms with Gasteiger partial charge in [-0.05, 0) is 46.5 Å². The molecule has 0 radical (unpaired) electrons. The van der Waals surface area contributed by atoms with Crippen molar-refractivity contribution < 1.29 is 9.50 Å². The Hall–Kier alpha value is -0.450. The van der Waals surface area contributed by atoms with Gasteiger partial charge in [0, 0.05) is 12.0 Å². The molecule has 0 saturated heterocycles. The van der Waals surface area contributed by atoms with Crippen LogP contribution in [0.15, 0.2) is 22.7 Å². The van der Waals surface area contributed by atoms with E-state index in [9.17, 15) is 9.50 Å². The Morgan fingerprint density at radius 2 is 2.18 bits per heavy atom. The smallest absolute Gasteiger partial charge is 0.137 e. The van der Waals surface area contributed by atoms with Gasteiger partial charge in [0.05, 0.1) is 11.1 Å². The van der Waals surface area contributed by atoms with Crippen LogP contribution in [0.1, 0.15) is 25.3 Å². The van der Waals surface area contributed by atoms with Gasteiger partial charge in [0.25, 0.3) is 0 Å². The van der Waals surface area contributed by atoms with Gasteiger partial charge in [0.15, 0.2) is 0 Å². The van der Waals surface area contributed by atoms with Gasteiger partial charge >= 0.3 is 0 Å². The largest absolute Gasteiger partial charge is 0.396 e. The summed E-state index contributed by atoms with van der Waals surface area (Å²) in [6.45, 7) is 2.57. The van der Waals surface area contributed by atoms with Gasteiger partial charge in [-0.15, -0.1) is 0 Å². The maximum atomic E-state index is 13.1. The minimum atomic E-state index is -0.286. The number of rotatable bonds is 6. The molecule has 1 unspecified atom stereocenters. The van der Waals surface area contributed by atoms with Gasteiger partial charge < -0.3 is 10.8 Å². The Balaban J connectivity index is 2.89. The third kappa shape index (κ3) is 3.76. The Labute approximate surface area is 110 Å². The second-order valence-electron chi connectivity index (χ2n) is 4.54. The lowest BCUT2D eigenvalue weighted by atomic mass is 9.78. The molecule has 1 aromatic rings. The van der Waals surface area contributed by atoms with Crippen LogP contribution in [0.4, 0.5) is 4.39 Å². The molecule has 1 aromatic carbocycles. The van der Waals surface area contributed by atoms with Crippen LogP contribution in [0.3, 0.4) is 0 Å². The van der Waals surface area contributed by atoms with E-state index in [-0.39, 0.29) is 17.8 Å². The lowest BCUT2D eigenvalue weighted by Crippen LogP contribution is -2.36. The number of halogens is 2. The van der Waals surface area contributed by atoms with Crippen molar-refractivity contribution in [2.75, 3.05) is 13.2 Å². The third-order valence-electron chi connectivity index (χ3n) is 3.11. The van der Waals surface area contributed by atoms with Gasteiger partial charge in [-0.25, -0.2) is 4.39 Å². The van der Waals surface area contributed by atoms with Gasteiger partial charge in [0.2, 0.25) is 0 Å². The normalized spacial score (nSPS) is 14.6. The summed E-state index contributed by atoms with van der Waals surface area (Å²) in [6.07, 6.45) is 2.52. The first-order chi connectivity index (χ1) is 8.06. The number of nitrogens with two attached hydrogens (primary N) is 1. The molecule has 0 heterocycles. The van der Waals surface area contributed by atoms with E-state index < -0.39 is 0 Å². The van der Waals surface area contributed by atoms with Crippen molar-refractivity contribution in [1.82, 2.24) is 0 Å². The highest BCUT2D eigenvalue weighted by Crippen LogP contribution is 2.28. The van der Waals surface area contributed by atoms with Gasteiger partial charge in [0.1, 0.15) is 5.82 Å². The van der Waals surface area contributed by atoms with E-state index in [0.29, 0.717) is 17.4 Å². The summed E-state index contributed by atoms with van der Waals surface area (Å²) >= 11 is 3.17. The van der Waals surface area contributed by atoms with Crippen LogP contribution in [0.25, 0.3) is 0 Å². The van der Waals surface area contributed by atoms with Crippen molar-refractivity contribution in [3.63, 3.8) is 0 Å². The van der Waals surface area contributed by atoms with E-state index in [4.69, 9.17) is 5.73 Å². The standard InChI is InChI=1S/C13H19BrFNO/c1-2-5-13(8-16,9-17)7-10-3-4-12(15)11(14)6-10/h3-4,6,17H,2,5,7-9,16H2,1H3. The van der Waals surface area contributed by atoms with Crippen LogP contribution in [0.5, 0.6) is 0 Å². The molecule has 17 heavy (non-hydrogen) atoms. The summed E-state index contributed by atoms with van der Waals surface area (Å²) in [7, 11) is 0. The molecule has 4 heteroatoms. The summed E-state index contributed by atoms with van der Waals surface area (Å²) in [5.41, 5.74) is 6.48. The molecule has 3 N–H and O–H groups in total. The predicted octanol–water partition coefficient (Wildman–Crippen LogP) is 2.87. The van der Waals surface area contributed by atoms with Gasteiger partial charge in [-0.1, -0.05) is 19.4 Å². The average Bonchev–Trinajstić information content (AvgIpc) is 2.33. The molecule has 0 spiro atoms. The van der Waals surface area contributed by atoms with Crippen LogP contribution in [0.2, 0.25) is 0 Å². The van der Waals surface area contributed by atoms with E-state index in [1.807, 2.05) is 0 Å². The number of hydrogen-bond donors (Lipinski definition) is 2. The highest BCUT2D eigenvalue weighted by Gasteiger charge is 2.27. The van der Waals surface area contributed by atoms with Crippen LogP contribution in [-0.4, -0.2) is 18.3 Å². The van der Waals surface area contributed by atoms with Crippen molar-refractivity contribution >= 4 is 15.9 Å². The molecule has 1 atom stereocenters.